The van der Waals surface area contributed by atoms with E-state index in [1.54, 1.807) is 12.1 Å². The fourth-order valence-corrected chi connectivity index (χ4v) is 2.19. The lowest BCUT2D eigenvalue weighted by Gasteiger charge is -2.27. The molecule has 0 unspecified atom stereocenters. The van der Waals surface area contributed by atoms with E-state index in [1.807, 2.05) is 0 Å². The second-order valence-electron chi connectivity index (χ2n) is 6.94. The molecule has 1 rings (SSSR count). The monoisotopic (exact) mass is 379 g/mol. The lowest BCUT2D eigenvalue weighted by Crippen LogP contribution is -2.46. The number of rotatable bonds is 11. The molecular formula is C19H25NO7. The van der Waals surface area contributed by atoms with Crippen LogP contribution in [0.15, 0.2) is 24.3 Å². The zero-order valence-electron chi connectivity index (χ0n) is 15.4. The molecule has 4 N–H and O–H groups in total. The molecule has 0 saturated carbocycles. The smallest absolute Gasteiger partial charge is 0.335 e. The number of aryl methyl sites for hydroxylation is 1. The number of carboxylic acids is 1. The molecule has 1 amide bonds. The first-order valence-electron chi connectivity index (χ1n) is 8.53. The van der Waals surface area contributed by atoms with Crippen molar-refractivity contribution in [3.05, 3.63) is 35.4 Å². The number of carboxylic acid groups (broad SMARTS) is 1. The fraction of sp³-hybridized carbons (Fsp3) is 0.474. The van der Waals surface area contributed by atoms with Crippen LogP contribution in [0.25, 0.3) is 0 Å². The second kappa shape index (κ2) is 9.94. The van der Waals surface area contributed by atoms with Gasteiger partial charge in [0, 0.05) is 24.8 Å². The Morgan fingerprint density at radius 2 is 1.59 bits per heavy atom. The van der Waals surface area contributed by atoms with Gasteiger partial charge in [-0.2, -0.15) is 0 Å². The number of carbonyl (C=O) groups is 4. The number of aliphatic hydroxyl groups is 2. The van der Waals surface area contributed by atoms with Gasteiger partial charge in [-0.05, 0) is 24.1 Å². The van der Waals surface area contributed by atoms with Gasteiger partial charge in [0.05, 0.1) is 12.2 Å². The molecule has 0 aliphatic rings. The summed E-state index contributed by atoms with van der Waals surface area (Å²) in [5.74, 6) is -2.97. The van der Waals surface area contributed by atoms with E-state index in [2.05, 4.69) is 5.32 Å². The lowest BCUT2D eigenvalue weighted by atomic mass is 9.87. The molecule has 8 heteroatoms. The number of benzene rings is 1. The minimum Gasteiger partial charge on any atom is -0.478 e. The van der Waals surface area contributed by atoms with Crippen molar-refractivity contribution in [2.75, 3.05) is 13.2 Å². The Hall–Kier alpha value is -2.58. The summed E-state index contributed by atoms with van der Waals surface area (Å²) in [6, 6.07) is 6.04. The molecular weight excluding hydrogens is 354 g/mol. The first-order valence-corrected chi connectivity index (χ1v) is 8.53. The highest BCUT2D eigenvalue weighted by atomic mass is 16.4. The molecule has 1 aromatic rings. The third kappa shape index (κ3) is 6.92. The quantitative estimate of drug-likeness (QED) is 0.406. The Labute approximate surface area is 157 Å². The number of Topliss-reactive ketones (excluding diaryl/α,β-unsaturated/α-hetero) is 2. The van der Waals surface area contributed by atoms with E-state index in [0.717, 1.165) is 5.56 Å². The standard InChI is InChI=1S/C19H25NO7/c1-19(2,11-21)16(24)17(25)20-10-9-15(23)14(22)8-5-12-3-6-13(7-4-12)18(26)27/h3-4,6-7,16,21,24H,5,8-11H2,1-2H3,(H,20,25)(H,26,27)/t16-/m0/s1. The number of aromatic carboxylic acids is 1. The summed E-state index contributed by atoms with van der Waals surface area (Å²) in [5.41, 5.74) is -0.132. The number of nitrogens with one attached hydrogen (secondary N) is 1. The summed E-state index contributed by atoms with van der Waals surface area (Å²) in [6.45, 7) is 2.57. The van der Waals surface area contributed by atoms with Crippen LogP contribution < -0.4 is 5.32 Å². The number of amides is 1. The van der Waals surface area contributed by atoms with Crippen molar-refractivity contribution < 1.29 is 34.5 Å². The van der Waals surface area contributed by atoms with E-state index < -0.39 is 35.0 Å². The Bertz CT molecular complexity index is 695. The van der Waals surface area contributed by atoms with Crippen molar-refractivity contribution >= 4 is 23.4 Å². The van der Waals surface area contributed by atoms with Crippen LogP contribution in [0.4, 0.5) is 0 Å². The van der Waals surface area contributed by atoms with Crippen LogP contribution in [-0.2, 0) is 20.8 Å². The zero-order chi connectivity index (χ0) is 20.6. The van der Waals surface area contributed by atoms with Gasteiger partial charge in [0.1, 0.15) is 6.10 Å². The van der Waals surface area contributed by atoms with Gasteiger partial charge in [0.15, 0.2) is 11.6 Å². The summed E-state index contributed by atoms with van der Waals surface area (Å²) >= 11 is 0. The van der Waals surface area contributed by atoms with Crippen molar-refractivity contribution in [2.45, 2.75) is 39.2 Å². The molecule has 0 radical (unpaired) electrons. The molecule has 8 nitrogen and oxygen atoms in total. The molecule has 0 aliphatic carbocycles. The van der Waals surface area contributed by atoms with Gasteiger partial charge in [-0.15, -0.1) is 0 Å². The highest BCUT2D eigenvalue weighted by Crippen LogP contribution is 2.19. The lowest BCUT2D eigenvalue weighted by molar-refractivity contribution is -0.138. The number of hydrogen-bond donors (Lipinski definition) is 4. The Kier molecular flexibility index (Phi) is 8.27. The molecule has 0 aromatic heterocycles. The maximum atomic E-state index is 11.9. The normalized spacial score (nSPS) is 12.3. The van der Waals surface area contributed by atoms with Crippen LogP contribution >= 0.6 is 0 Å². The summed E-state index contributed by atoms with van der Waals surface area (Å²) in [6.07, 6.45) is -1.32. The molecule has 1 aromatic carbocycles. The Morgan fingerprint density at radius 1 is 1.04 bits per heavy atom. The minimum absolute atomic E-state index is 0.0145. The van der Waals surface area contributed by atoms with Crippen LogP contribution in [0.5, 0.6) is 0 Å². The Balaban J connectivity index is 2.39. The van der Waals surface area contributed by atoms with E-state index in [-0.39, 0.29) is 31.6 Å². The molecule has 27 heavy (non-hydrogen) atoms. The van der Waals surface area contributed by atoms with Crippen LogP contribution in [0.2, 0.25) is 0 Å². The largest absolute Gasteiger partial charge is 0.478 e. The summed E-state index contributed by atoms with van der Waals surface area (Å²) in [5, 5.41) is 30.1. The highest BCUT2D eigenvalue weighted by molar-refractivity contribution is 6.37. The second-order valence-corrected chi connectivity index (χ2v) is 6.94. The van der Waals surface area contributed by atoms with Crippen molar-refractivity contribution in [1.29, 1.82) is 0 Å². The third-order valence-electron chi connectivity index (χ3n) is 4.20. The topological polar surface area (TPSA) is 141 Å². The van der Waals surface area contributed by atoms with Gasteiger partial charge in [-0.25, -0.2) is 4.79 Å². The van der Waals surface area contributed by atoms with Gasteiger partial charge in [-0.3, -0.25) is 14.4 Å². The fourth-order valence-electron chi connectivity index (χ4n) is 2.19. The maximum absolute atomic E-state index is 11.9. The van der Waals surface area contributed by atoms with Crippen molar-refractivity contribution in [3.63, 3.8) is 0 Å². The molecule has 0 saturated heterocycles. The van der Waals surface area contributed by atoms with E-state index in [9.17, 15) is 24.3 Å². The van der Waals surface area contributed by atoms with Crippen LogP contribution in [0, 0.1) is 5.41 Å². The minimum atomic E-state index is -1.43. The molecule has 0 aliphatic heterocycles. The van der Waals surface area contributed by atoms with Gasteiger partial charge >= 0.3 is 5.97 Å². The number of aliphatic hydroxyl groups excluding tert-OH is 2. The number of carbonyl (C=O) groups excluding carboxylic acids is 3. The SMILES string of the molecule is CC(C)(CO)[C@@H](O)C(=O)NCCC(=O)C(=O)CCc1ccc(C(=O)O)cc1. The van der Waals surface area contributed by atoms with Crippen LogP contribution in [0.3, 0.4) is 0 Å². The zero-order valence-corrected chi connectivity index (χ0v) is 15.4. The van der Waals surface area contributed by atoms with E-state index >= 15 is 0 Å². The molecule has 148 valence electrons. The average molecular weight is 379 g/mol. The molecule has 0 heterocycles. The first-order chi connectivity index (χ1) is 12.6. The van der Waals surface area contributed by atoms with E-state index in [4.69, 9.17) is 10.2 Å². The third-order valence-corrected chi connectivity index (χ3v) is 4.20. The van der Waals surface area contributed by atoms with E-state index in [1.165, 1.54) is 26.0 Å². The molecule has 0 fully saturated rings. The average Bonchev–Trinajstić information content (AvgIpc) is 2.65. The maximum Gasteiger partial charge on any atom is 0.335 e. The summed E-state index contributed by atoms with van der Waals surface area (Å²) in [4.78, 5) is 46.2. The van der Waals surface area contributed by atoms with Crippen molar-refractivity contribution in [3.8, 4) is 0 Å². The predicted octanol–water partition coefficient (Wildman–Crippen LogP) is 0.341. The molecule has 0 bridgehead atoms. The van der Waals surface area contributed by atoms with Crippen LogP contribution in [0.1, 0.15) is 42.6 Å². The van der Waals surface area contributed by atoms with Gasteiger partial charge in [0.25, 0.3) is 0 Å². The molecule has 0 spiro atoms. The number of hydrogen-bond acceptors (Lipinski definition) is 6. The summed E-state index contributed by atoms with van der Waals surface area (Å²) in [7, 11) is 0. The Morgan fingerprint density at radius 3 is 2.11 bits per heavy atom. The van der Waals surface area contributed by atoms with Gasteiger partial charge < -0.3 is 20.6 Å². The van der Waals surface area contributed by atoms with Crippen molar-refractivity contribution in [2.24, 2.45) is 5.41 Å². The first kappa shape index (κ1) is 22.5. The van der Waals surface area contributed by atoms with Crippen molar-refractivity contribution in [1.82, 2.24) is 5.32 Å². The molecule has 1 atom stereocenters. The highest BCUT2D eigenvalue weighted by Gasteiger charge is 2.32. The predicted molar refractivity (Wildman–Crippen MR) is 96.2 cm³/mol. The number of ketones is 2. The van der Waals surface area contributed by atoms with Crippen LogP contribution in [-0.4, -0.2) is 58.0 Å². The van der Waals surface area contributed by atoms with Gasteiger partial charge in [-0.1, -0.05) is 26.0 Å². The summed E-state index contributed by atoms with van der Waals surface area (Å²) < 4.78 is 0. The van der Waals surface area contributed by atoms with Gasteiger partial charge in [0.2, 0.25) is 5.91 Å². The van der Waals surface area contributed by atoms with E-state index in [0.29, 0.717) is 6.42 Å².